The molecule has 0 unspecified atom stereocenters. The third kappa shape index (κ3) is 5.19. The van der Waals surface area contributed by atoms with E-state index in [-0.39, 0.29) is 24.4 Å². The highest BCUT2D eigenvalue weighted by Gasteiger charge is 2.36. The first-order chi connectivity index (χ1) is 15.6. The van der Waals surface area contributed by atoms with Crippen molar-refractivity contribution in [3.63, 3.8) is 0 Å². The van der Waals surface area contributed by atoms with Gasteiger partial charge in [0.05, 0.1) is 19.2 Å². The lowest BCUT2D eigenvalue weighted by atomic mass is 10.1. The van der Waals surface area contributed by atoms with Gasteiger partial charge in [-0.05, 0) is 54.5 Å². The highest BCUT2D eigenvalue weighted by atomic mass is 32.1. The first-order valence-electron chi connectivity index (χ1n) is 10.9. The molecule has 0 saturated heterocycles. The van der Waals surface area contributed by atoms with Gasteiger partial charge >= 0.3 is 0 Å². The molecule has 3 aromatic rings. The molecular weight excluding hydrogens is 420 g/mol. The third-order valence-corrected chi connectivity index (χ3v) is 6.77. The summed E-state index contributed by atoms with van der Waals surface area (Å²) in [6, 6.07) is 19.4. The molecule has 0 atom stereocenters. The summed E-state index contributed by atoms with van der Waals surface area (Å²) in [6.45, 7) is 3.19. The van der Waals surface area contributed by atoms with Crippen LogP contribution in [-0.2, 0) is 17.9 Å². The van der Waals surface area contributed by atoms with Crippen molar-refractivity contribution in [2.45, 2.75) is 38.9 Å². The number of methoxy groups -OCH3 is 1. The van der Waals surface area contributed by atoms with Crippen LogP contribution in [0.2, 0.25) is 0 Å². The van der Waals surface area contributed by atoms with Crippen molar-refractivity contribution >= 4 is 23.2 Å². The summed E-state index contributed by atoms with van der Waals surface area (Å²) in [5.74, 6) is 0.341. The van der Waals surface area contributed by atoms with Crippen LogP contribution in [0.4, 0.5) is 0 Å². The van der Waals surface area contributed by atoms with Gasteiger partial charge < -0.3 is 14.5 Å². The molecule has 5 nitrogen and oxygen atoms in total. The van der Waals surface area contributed by atoms with Gasteiger partial charge in [0, 0.05) is 17.5 Å². The number of rotatable bonds is 9. The van der Waals surface area contributed by atoms with Crippen molar-refractivity contribution in [2.24, 2.45) is 0 Å². The molecule has 2 amide bonds. The standard InChI is InChI=1S/C26H28N2O3S/c1-19-14-15-32-24(19)17-27(16-20-8-4-3-5-9-20)25(29)18-28(21-12-13-21)26(30)22-10-6-7-11-23(22)31-2/h3-11,14-15,21H,12-13,16-18H2,1-2H3. The van der Waals surface area contributed by atoms with Gasteiger partial charge in [-0.25, -0.2) is 0 Å². The Morgan fingerprint density at radius 1 is 1.00 bits per heavy atom. The predicted octanol–water partition coefficient (Wildman–Crippen LogP) is 4.90. The first-order valence-corrected chi connectivity index (χ1v) is 11.7. The maximum Gasteiger partial charge on any atom is 0.258 e. The SMILES string of the molecule is COc1ccccc1C(=O)N(CC(=O)N(Cc1ccccc1)Cc1sccc1C)C1CC1. The number of para-hydroxylation sites is 1. The molecule has 1 fully saturated rings. The van der Waals surface area contributed by atoms with E-state index in [2.05, 4.69) is 18.4 Å². The molecule has 4 rings (SSSR count). The van der Waals surface area contributed by atoms with E-state index >= 15 is 0 Å². The van der Waals surface area contributed by atoms with E-state index in [9.17, 15) is 9.59 Å². The Morgan fingerprint density at radius 3 is 2.38 bits per heavy atom. The van der Waals surface area contributed by atoms with Gasteiger partial charge in [0.1, 0.15) is 12.3 Å². The number of nitrogens with zero attached hydrogens (tertiary/aromatic N) is 2. The van der Waals surface area contributed by atoms with Crippen LogP contribution in [0.5, 0.6) is 5.75 Å². The average Bonchev–Trinajstić information content (AvgIpc) is 3.59. The molecular formula is C26H28N2O3S. The van der Waals surface area contributed by atoms with Gasteiger partial charge in [-0.15, -0.1) is 11.3 Å². The van der Waals surface area contributed by atoms with Crippen LogP contribution in [0.25, 0.3) is 0 Å². The summed E-state index contributed by atoms with van der Waals surface area (Å²) in [4.78, 5) is 31.6. The molecule has 0 aliphatic heterocycles. The molecule has 166 valence electrons. The summed E-state index contributed by atoms with van der Waals surface area (Å²) >= 11 is 1.66. The maximum atomic E-state index is 13.5. The van der Waals surface area contributed by atoms with Crippen molar-refractivity contribution in [3.05, 3.63) is 87.6 Å². The number of amides is 2. The molecule has 0 N–H and O–H groups in total. The van der Waals surface area contributed by atoms with Gasteiger partial charge in [-0.3, -0.25) is 9.59 Å². The van der Waals surface area contributed by atoms with Crippen molar-refractivity contribution in [1.82, 2.24) is 9.80 Å². The topological polar surface area (TPSA) is 49.9 Å². The van der Waals surface area contributed by atoms with Crippen LogP contribution < -0.4 is 4.74 Å². The zero-order valence-electron chi connectivity index (χ0n) is 18.5. The lowest BCUT2D eigenvalue weighted by molar-refractivity contribution is -0.133. The van der Waals surface area contributed by atoms with Gasteiger partial charge in [-0.1, -0.05) is 42.5 Å². The summed E-state index contributed by atoms with van der Waals surface area (Å²) in [5.41, 5.74) is 2.76. The minimum Gasteiger partial charge on any atom is -0.496 e. The van der Waals surface area contributed by atoms with Crippen molar-refractivity contribution in [2.75, 3.05) is 13.7 Å². The number of thiophene rings is 1. The highest BCUT2D eigenvalue weighted by molar-refractivity contribution is 7.10. The van der Waals surface area contributed by atoms with E-state index in [1.807, 2.05) is 47.4 Å². The molecule has 1 aliphatic rings. The van der Waals surface area contributed by atoms with Crippen LogP contribution in [-0.4, -0.2) is 41.3 Å². The molecule has 1 aliphatic carbocycles. The molecule has 32 heavy (non-hydrogen) atoms. The number of ether oxygens (including phenoxy) is 1. The fourth-order valence-corrected chi connectivity index (χ4v) is 4.67. The molecule has 0 radical (unpaired) electrons. The highest BCUT2D eigenvalue weighted by Crippen LogP contribution is 2.30. The van der Waals surface area contributed by atoms with Gasteiger partial charge in [0.15, 0.2) is 0 Å². The zero-order valence-corrected chi connectivity index (χ0v) is 19.3. The van der Waals surface area contributed by atoms with Crippen LogP contribution in [0, 0.1) is 6.92 Å². The Balaban J connectivity index is 1.56. The summed E-state index contributed by atoms with van der Waals surface area (Å²) in [5, 5.41) is 2.05. The number of benzene rings is 2. The summed E-state index contributed by atoms with van der Waals surface area (Å²) in [7, 11) is 1.56. The van der Waals surface area contributed by atoms with Crippen LogP contribution >= 0.6 is 11.3 Å². The largest absolute Gasteiger partial charge is 0.496 e. The number of carbonyl (C=O) groups excluding carboxylic acids is 2. The Morgan fingerprint density at radius 2 is 1.72 bits per heavy atom. The second-order valence-corrected chi connectivity index (χ2v) is 9.13. The number of hydrogen-bond donors (Lipinski definition) is 0. The molecule has 2 aromatic carbocycles. The summed E-state index contributed by atoms with van der Waals surface area (Å²) in [6.07, 6.45) is 1.85. The van der Waals surface area contributed by atoms with Crippen molar-refractivity contribution in [3.8, 4) is 5.75 Å². The number of aryl methyl sites for hydroxylation is 1. The number of hydrogen-bond acceptors (Lipinski definition) is 4. The minimum absolute atomic E-state index is 0.0446. The van der Waals surface area contributed by atoms with E-state index in [4.69, 9.17) is 4.74 Å². The van der Waals surface area contributed by atoms with Crippen molar-refractivity contribution < 1.29 is 14.3 Å². The summed E-state index contributed by atoms with van der Waals surface area (Å²) < 4.78 is 5.39. The van der Waals surface area contributed by atoms with Crippen LogP contribution in [0.15, 0.2) is 66.0 Å². The normalized spacial score (nSPS) is 12.9. The minimum atomic E-state index is -0.148. The first kappa shape index (κ1) is 22.1. The van der Waals surface area contributed by atoms with Crippen molar-refractivity contribution in [1.29, 1.82) is 0 Å². The third-order valence-electron chi connectivity index (χ3n) is 5.76. The lowest BCUT2D eigenvalue weighted by Gasteiger charge is -2.28. The quantitative estimate of drug-likeness (QED) is 0.468. The Kier molecular flexibility index (Phi) is 6.90. The van der Waals surface area contributed by atoms with Gasteiger partial charge in [0.25, 0.3) is 5.91 Å². The van der Waals surface area contributed by atoms with E-state index in [0.29, 0.717) is 24.4 Å². The predicted molar refractivity (Wildman–Crippen MR) is 127 cm³/mol. The van der Waals surface area contributed by atoms with Crippen LogP contribution in [0.1, 0.15) is 39.2 Å². The van der Waals surface area contributed by atoms with Gasteiger partial charge in [-0.2, -0.15) is 0 Å². The van der Waals surface area contributed by atoms with E-state index in [0.717, 1.165) is 18.4 Å². The van der Waals surface area contributed by atoms with E-state index in [1.165, 1.54) is 10.4 Å². The Bertz CT molecular complexity index is 1080. The average molecular weight is 449 g/mol. The van der Waals surface area contributed by atoms with E-state index < -0.39 is 0 Å². The second-order valence-electron chi connectivity index (χ2n) is 8.13. The maximum absolute atomic E-state index is 13.5. The zero-order chi connectivity index (χ0) is 22.5. The molecule has 0 bridgehead atoms. The van der Waals surface area contributed by atoms with Crippen LogP contribution in [0.3, 0.4) is 0 Å². The van der Waals surface area contributed by atoms with E-state index in [1.54, 1.807) is 35.5 Å². The Labute approximate surface area is 193 Å². The molecule has 6 heteroatoms. The molecule has 1 saturated carbocycles. The lowest BCUT2D eigenvalue weighted by Crippen LogP contribution is -2.43. The fourth-order valence-electron chi connectivity index (χ4n) is 3.75. The fraction of sp³-hybridized carbons (Fsp3) is 0.308. The second kappa shape index (κ2) is 10.0. The van der Waals surface area contributed by atoms with Gasteiger partial charge in [0.2, 0.25) is 5.91 Å². The molecule has 0 spiro atoms. The molecule has 1 aromatic heterocycles. The molecule has 1 heterocycles. The smallest absolute Gasteiger partial charge is 0.258 e. The monoisotopic (exact) mass is 448 g/mol. The number of carbonyl (C=O) groups is 2. The Hall–Kier alpha value is -3.12.